The molecule has 2 aromatic rings. The van der Waals surface area contributed by atoms with Crippen molar-refractivity contribution in [2.75, 3.05) is 4.90 Å². The Balaban J connectivity index is 2.07. The van der Waals surface area contributed by atoms with Gasteiger partial charge in [-0.25, -0.2) is 23.1 Å². The summed E-state index contributed by atoms with van der Waals surface area (Å²) in [6.07, 6.45) is -2.93. The normalized spacial score (nSPS) is 17.2. The van der Waals surface area contributed by atoms with Crippen molar-refractivity contribution in [3.8, 4) is 11.8 Å². The van der Waals surface area contributed by atoms with Gasteiger partial charge in [0.15, 0.2) is 0 Å². The summed E-state index contributed by atoms with van der Waals surface area (Å²) in [6.45, 7) is 0. The molecule has 0 spiro atoms. The van der Waals surface area contributed by atoms with Crippen molar-refractivity contribution in [3.63, 3.8) is 0 Å². The first-order valence-electron chi connectivity index (χ1n) is 10.7. The summed E-state index contributed by atoms with van der Waals surface area (Å²) in [6, 6.07) is 1.34. The summed E-state index contributed by atoms with van der Waals surface area (Å²) in [5.41, 5.74) is -3.86. The van der Waals surface area contributed by atoms with Gasteiger partial charge in [-0.1, -0.05) is 11.6 Å². The molecular formula is C22H18ClF6N5O3. The molecule has 0 saturated heterocycles. The first-order chi connectivity index (χ1) is 17.3. The number of nitriles is 1. The molecule has 1 heterocycles. The number of hydrogen-bond donors (Lipinski definition) is 1. The van der Waals surface area contributed by atoms with Crippen LogP contribution in [-0.2, 0) is 9.59 Å². The quantitative estimate of drug-likeness (QED) is 0.401. The minimum Gasteiger partial charge on any atom is -0.406 e. The Labute approximate surface area is 211 Å². The van der Waals surface area contributed by atoms with Gasteiger partial charge in [-0.15, -0.1) is 13.2 Å². The van der Waals surface area contributed by atoms with E-state index in [1.165, 1.54) is 0 Å². The zero-order valence-corrected chi connectivity index (χ0v) is 19.4. The van der Waals surface area contributed by atoms with Crippen LogP contribution in [0.2, 0.25) is 0 Å². The number of hydrogen-bond acceptors (Lipinski definition) is 6. The van der Waals surface area contributed by atoms with Gasteiger partial charge in [0.25, 0.3) is 11.5 Å². The number of nitrogens with one attached hydrogen (secondary N) is 1. The number of carbonyl (C=O) groups excluding carboxylic acids is 2. The number of aromatic nitrogens is 2. The van der Waals surface area contributed by atoms with E-state index in [4.69, 9.17) is 11.6 Å². The topological polar surface area (TPSA) is 108 Å². The lowest BCUT2D eigenvalue weighted by Gasteiger charge is -2.34. The molecule has 1 aromatic carbocycles. The number of carbonyl (C=O) groups is 2. The van der Waals surface area contributed by atoms with Gasteiger partial charge in [0.2, 0.25) is 11.8 Å². The molecule has 3 rings (SSSR count). The van der Waals surface area contributed by atoms with Gasteiger partial charge in [-0.3, -0.25) is 14.5 Å². The molecule has 0 aliphatic heterocycles. The van der Waals surface area contributed by atoms with Gasteiger partial charge in [-0.2, -0.15) is 5.26 Å². The van der Waals surface area contributed by atoms with Crippen LogP contribution < -0.4 is 15.0 Å². The summed E-state index contributed by atoms with van der Waals surface area (Å²) >= 11 is 5.39. The fourth-order valence-corrected chi connectivity index (χ4v) is 3.94. The number of halogens is 7. The zero-order valence-electron chi connectivity index (χ0n) is 18.7. The molecule has 2 amide bonds. The first-order valence-corrected chi connectivity index (χ1v) is 11.1. The molecule has 198 valence electrons. The second-order valence-corrected chi connectivity index (χ2v) is 8.44. The summed E-state index contributed by atoms with van der Waals surface area (Å²) < 4.78 is 82.9. The van der Waals surface area contributed by atoms with E-state index in [1.54, 1.807) is 6.07 Å². The largest absolute Gasteiger partial charge is 0.573 e. The minimum absolute atomic E-state index is 0.0775. The van der Waals surface area contributed by atoms with Crippen molar-refractivity contribution in [1.29, 1.82) is 5.26 Å². The lowest BCUT2D eigenvalue weighted by Crippen LogP contribution is -2.49. The van der Waals surface area contributed by atoms with Gasteiger partial charge >= 0.3 is 6.36 Å². The van der Waals surface area contributed by atoms with Gasteiger partial charge in [0.1, 0.15) is 24.2 Å². The van der Waals surface area contributed by atoms with Crippen LogP contribution in [0.25, 0.3) is 0 Å². The second-order valence-electron chi connectivity index (χ2n) is 8.06. The maximum atomic E-state index is 14.1. The standard InChI is InChI=1S/C22H18ClF6N5O3/c23-18(24)20(36)34(16-2-1-15(7-12(16)8-30)37-22(27,28)29)17(13-9-31-11-32-10-13)19(35)33-14-3-5-21(25,26)6-4-14/h1-2,7,9-11,14,17-18H,3-6H2,(H,33,35)/t17-,18-/m0/s1. The van der Waals surface area contributed by atoms with Gasteiger partial charge in [0.05, 0.1) is 11.3 Å². The summed E-state index contributed by atoms with van der Waals surface area (Å²) in [4.78, 5) is 34.3. The minimum atomic E-state index is -5.09. The Bertz CT molecular complexity index is 1170. The van der Waals surface area contributed by atoms with E-state index in [0.717, 1.165) is 30.9 Å². The molecule has 0 bridgehead atoms. The molecule has 1 N–H and O–H groups in total. The Hall–Kier alpha value is -3.60. The fourth-order valence-electron chi connectivity index (χ4n) is 3.84. The Kier molecular flexibility index (Phi) is 8.47. The van der Waals surface area contributed by atoms with Crippen LogP contribution in [0.3, 0.4) is 0 Å². The van der Waals surface area contributed by atoms with Gasteiger partial charge in [-0.05, 0) is 25.0 Å². The number of alkyl halides is 7. The predicted molar refractivity (Wildman–Crippen MR) is 116 cm³/mol. The summed E-state index contributed by atoms with van der Waals surface area (Å²) in [5.74, 6) is -6.19. The Morgan fingerprint density at radius 1 is 1.22 bits per heavy atom. The molecule has 37 heavy (non-hydrogen) atoms. The third-order valence-electron chi connectivity index (χ3n) is 5.47. The van der Waals surface area contributed by atoms with E-state index >= 15 is 0 Å². The van der Waals surface area contributed by atoms with E-state index < -0.39 is 71.7 Å². The number of amides is 2. The smallest absolute Gasteiger partial charge is 0.406 e. The Morgan fingerprint density at radius 3 is 2.38 bits per heavy atom. The van der Waals surface area contributed by atoms with Crippen LogP contribution in [0.4, 0.5) is 32.0 Å². The number of anilines is 1. The molecule has 1 fully saturated rings. The van der Waals surface area contributed by atoms with Crippen molar-refractivity contribution < 1.29 is 40.7 Å². The van der Waals surface area contributed by atoms with Gasteiger partial charge in [0, 0.05) is 42.9 Å². The highest BCUT2D eigenvalue weighted by atomic mass is 35.5. The highest BCUT2D eigenvalue weighted by Gasteiger charge is 2.40. The summed E-state index contributed by atoms with van der Waals surface area (Å²) in [5, 5.41) is 12.1. The molecule has 1 saturated carbocycles. The van der Waals surface area contributed by atoms with E-state index in [9.17, 15) is 41.2 Å². The SMILES string of the molecule is N#Cc1cc(OC(F)(F)F)ccc1N(C(=O)[C@H](F)Cl)[C@H](C(=O)NC1CCC(F)(F)CC1)c1cncnc1. The van der Waals surface area contributed by atoms with Crippen molar-refractivity contribution in [2.45, 2.75) is 55.7 Å². The van der Waals surface area contributed by atoms with Crippen molar-refractivity contribution >= 4 is 29.1 Å². The van der Waals surface area contributed by atoms with Crippen molar-refractivity contribution in [1.82, 2.24) is 15.3 Å². The van der Waals surface area contributed by atoms with Crippen molar-refractivity contribution in [2.24, 2.45) is 0 Å². The average Bonchev–Trinajstić information content (AvgIpc) is 2.83. The lowest BCUT2D eigenvalue weighted by atomic mass is 9.92. The molecule has 1 aliphatic rings. The fraction of sp³-hybridized carbons (Fsp3) is 0.409. The van der Waals surface area contributed by atoms with E-state index in [1.807, 2.05) is 0 Å². The molecule has 15 heteroatoms. The lowest BCUT2D eigenvalue weighted by molar-refractivity contribution is -0.274. The number of rotatable bonds is 7. The maximum Gasteiger partial charge on any atom is 0.573 e. The first kappa shape index (κ1) is 28.0. The molecule has 1 aliphatic carbocycles. The van der Waals surface area contributed by atoms with Crippen LogP contribution >= 0.6 is 11.6 Å². The number of benzene rings is 1. The highest BCUT2D eigenvalue weighted by Crippen LogP contribution is 2.36. The zero-order chi connectivity index (χ0) is 27.4. The molecule has 8 nitrogen and oxygen atoms in total. The van der Waals surface area contributed by atoms with Gasteiger partial charge < -0.3 is 10.1 Å². The monoisotopic (exact) mass is 549 g/mol. The Morgan fingerprint density at radius 2 is 1.84 bits per heavy atom. The van der Waals surface area contributed by atoms with Crippen LogP contribution in [-0.4, -0.2) is 45.7 Å². The van der Waals surface area contributed by atoms with Crippen LogP contribution in [0.15, 0.2) is 36.9 Å². The van der Waals surface area contributed by atoms with E-state index in [2.05, 4.69) is 20.0 Å². The second kappa shape index (κ2) is 11.2. The molecular weight excluding hydrogens is 532 g/mol. The molecule has 0 unspecified atom stereocenters. The predicted octanol–water partition coefficient (Wildman–Crippen LogP) is 4.55. The van der Waals surface area contributed by atoms with E-state index in [0.29, 0.717) is 11.0 Å². The van der Waals surface area contributed by atoms with Crippen LogP contribution in [0.5, 0.6) is 5.75 Å². The van der Waals surface area contributed by atoms with E-state index in [-0.39, 0.29) is 18.4 Å². The third kappa shape index (κ3) is 7.22. The summed E-state index contributed by atoms with van der Waals surface area (Å²) in [7, 11) is 0. The molecule has 0 radical (unpaired) electrons. The number of ether oxygens (including phenoxy) is 1. The highest BCUT2D eigenvalue weighted by molar-refractivity contribution is 6.32. The van der Waals surface area contributed by atoms with Crippen LogP contribution in [0.1, 0.15) is 42.9 Å². The molecule has 2 atom stereocenters. The van der Waals surface area contributed by atoms with Crippen molar-refractivity contribution in [3.05, 3.63) is 48.0 Å². The maximum absolute atomic E-state index is 14.1. The molecule has 1 aromatic heterocycles. The number of nitrogens with zero attached hydrogens (tertiary/aromatic N) is 4. The van der Waals surface area contributed by atoms with Crippen LogP contribution in [0, 0.1) is 11.3 Å². The average molecular weight is 550 g/mol. The third-order valence-corrected chi connectivity index (χ3v) is 5.66.